The van der Waals surface area contributed by atoms with Crippen LogP contribution in [-0.4, -0.2) is 36.5 Å². The number of aliphatic imine (C=N–C) groups is 1. The molecule has 1 fully saturated rings. The van der Waals surface area contributed by atoms with Gasteiger partial charge in [0.1, 0.15) is 5.82 Å². The second-order valence-corrected chi connectivity index (χ2v) is 7.33. The van der Waals surface area contributed by atoms with Crippen molar-refractivity contribution in [3.63, 3.8) is 0 Å². The summed E-state index contributed by atoms with van der Waals surface area (Å²) in [5, 5.41) is 15.8. The van der Waals surface area contributed by atoms with Gasteiger partial charge in [0.15, 0.2) is 5.96 Å². The van der Waals surface area contributed by atoms with Crippen molar-refractivity contribution in [3.05, 3.63) is 71.0 Å². The van der Waals surface area contributed by atoms with E-state index in [-0.39, 0.29) is 5.82 Å². The number of halogens is 1. The molecule has 0 aromatic heterocycles. The lowest BCUT2D eigenvalue weighted by atomic mass is 10.0. The Labute approximate surface area is 172 Å². The molecule has 1 saturated heterocycles. The van der Waals surface area contributed by atoms with E-state index in [1.54, 1.807) is 0 Å². The Morgan fingerprint density at radius 3 is 2.38 bits per heavy atom. The van der Waals surface area contributed by atoms with Crippen molar-refractivity contribution in [1.82, 2.24) is 15.5 Å². The Hall–Kier alpha value is -2.91. The molecule has 5 nitrogen and oxygen atoms in total. The largest absolute Gasteiger partial charge is 0.357 e. The van der Waals surface area contributed by atoms with Gasteiger partial charge in [-0.3, -0.25) is 4.90 Å². The summed E-state index contributed by atoms with van der Waals surface area (Å²) in [6.45, 7) is 6.31. The lowest BCUT2D eigenvalue weighted by Crippen LogP contribution is -2.48. The van der Waals surface area contributed by atoms with Crippen LogP contribution < -0.4 is 10.6 Å². The van der Waals surface area contributed by atoms with E-state index in [1.807, 2.05) is 36.4 Å². The molecule has 2 aromatic rings. The topological polar surface area (TPSA) is 63.5 Å². The molecular weight excluding hydrogens is 365 g/mol. The van der Waals surface area contributed by atoms with Crippen molar-refractivity contribution in [1.29, 1.82) is 5.26 Å². The van der Waals surface area contributed by atoms with E-state index in [0.717, 1.165) is 56.1 Å². The van der Waals surface area contributed by atoms with Gasteiger partial charge in [0.05, 0.1) is 18.2 Å². The summed E-state index contributed by atoms with van der Waals surface area (Å²) in [6.07, 6.45) is 2.09. The number of benzene rings is 2. The summed E-state index contributed by atoms with van der Waals surface area (Å²) >= 11 is 0. The molecule has 1 heterocycles. The third-order valence-electron chi connectivity index (χ3n) is 5.09. The monoisotopic (exact) mass is 393 g/mol. The molecule has 0 bridgehead atoms. The Morgan fingerprint density at radius 1 is 1.10 bits per heavy atom. The average molecular weight is 394 g/mol. The smallest absolute Gasteiger partial charge is 0.191 e. The van der Waals surface area contributed by atoms with Crippen LogP contribution >= 0.6 is 0 Å². The summed E-state index contributed by atoms with van der Waals surface area (Å²) in [4.78, 5) is 7.10. The maximum Gasteiger partial charge on any atom is 0.191 e. The van der Waals surface area contributed by atoms with Crippen LogP contribution in [0.1, 0.15) is 36.5 Å². The molecule has 0 aliphatic carbocycles. The van der Waals surface area contributed by atoms with Crippen molar-refractivity contribution in [2.24, 2.45) is 4.99 Å². The van der Waals surface area contributed by atoms with Crippen LogP contribution in [0.3, 0.4) is 0 Å². The Morgan fingerprint density at radius 2 is 1.76 bits per heavy atom. The number of piperidine rings is 1. The van der Waals surface area contributed by atoms with Crippen LogP contribution in [0, 0.1) is 17.1 Å². The van der Waals surface area contributed by atoms with E-state index in [4.69, 9.17) is 10.3 Å². The van der Waals surface area contributed by atoms with Crippen molar-refractivity contribution in [2.75, 3.05) is 19.6 Å². The van der Waals surface area contributed by atoms with Crippen molar-refractivity contribution in [2.45, 2.75) is 38.9 Å². The molecule has 0 radical (unpaired) electrons. The standard InChI is InChI=1S/C23H28FN5/c1-2-26-23(27-16-19-5-3-18(15-25)4-6-19)28-22-11-13-29(14-12-22)17-20-7-9-21(24)10-8-20/h3-10,22H,2,11-14,16-17H2,1H3,(H2,26,27,28). The summed E-state index contributed by atoms with van der Waals surface area (Å²) in [6, 6.07) is 16.8. The molecular formula is C23H28FN5. The van der Waals surface area contributed by atoms with Gasteiger partial charge in [-0.2, -0.15) is 5.26 Å². The molecule has 3 rings (SSSR count). The summed E-state index contributed by atoms with van der Waals surface area (Å²) < 4.78 is 13.1. The fourth-order valence-electron chi connectivity index (χ4n) is 3.45. The average Bonchev–Trinajstić information content (AvgIpc) is 2.75. The SMILES string of the molecule is CCNC(=NCc1ccc(C#N)cc1)NC1CCN(Cc2ccc(F)cc2)CC1. The zero-order valence-corrected chi connectivity index (χ0v) is 16.9. The Balaban J connectivity index is 1.49. The number of hydrogen-bond donors (Lipinski definition) is 2. The van der Waals surface area contributed by atoms with Crippen LogP contribution in [0.5, 0.6) is 0 Å². The lowest BCUT2D eigenvalue weighted by molar-refractivity contribution is 0.198. The van der Waals surface area contributed by atoms with Gasteiger partial charge in [0.2, 0.25) is 0 Å². The van der Waals surface area contributed by atoms with Gasteiger partial charge in [-0.15, -0.1) is 0 Å². The molecule has 0 amide bonds. The fraction of sp³-hybridized carbons (Fsp3) is 0.391. The number of rotatable bonds is 6. The van der Waals surface area contributed by atoms with E-state index in [0.29, 0.717) is 18.2 Å². The molecule has 2 aromatic carbocycles. The summed E-state index contributed by atoms with van der Waals surface area (Å²) in [5.74, 6) is 0.641. The van der Waals surface area contributed by atoms with Crippen LogP contribution in [0.4, 0.5) is 4.39 Å². The third-order valence-corrected chi connectivity index (χ3v) is 5.09. The first kappa shape index (κ1) is 20.8. The zero-order chi connectivity index (χ0) is 20.5. The predicted molar refractivity (Wildman–Crippen MR) is 114 cm³/mol. The maximum atomic E-state index is 13.1. The molecule has 0 unspecified atom stereocenters. The third kappa shape index (κ3) is 6.58. The molecule has 0 atom stereocenters. The summed E-state index contributed by atoms with van der Waals surface area (Å²) in [7, 11) is 0. The van der Waals surface area contributed by atoms with Crippen LogP contribution in [0.15, 0.2) is 53.5 Å². The van der Waals surface area contributed by atoms with Gasteiger partial charge >= 0.3 is 0 Å². The number of guanidine groups is 1. The number of nitrogens with zero attached hydrogens (tertiary/aromatic N) is 3. The highest BCUT2D eigenvalue weighted by molar-refractivity contribution is 5.80. The minimum atomic E-state index is -0.187. The van der Waals surface area contributed by atoms with E-state index in [9.17, 15) is 4.39 Å². The molecule has 29 heavy (non-hydrogen) atoms. The lowest BCUT2D eigenvalue weighted by Gasteiger charge is -2.33. The van der Waals surface area contributed by atoms with Crippen molar-refractivity contribution < 1.29 is 4.39 Å². The molecule has 152 valence electrons. The van der Waals surface area contributed by atoms with Gasteiger partial charge in [-0.05, 0) is 55.2 Å². The van der Waals surface area contributed by atoms with Crippen LogP contribution in [0.2, 0.25) is 0 Å². The number of hydrogen-bond acceptors (Lipinski definition) is 3. The number of nitrogens with one attached hydrogen (secondary N) is 2. The highest BCUT2D eigenvalue weighted by Gasteiger charge is 2.20. The molecule has 1 aliphatic heterocycles. The second kappa shape index (κ2) is 10.6. The second-order valence-electron chi connectivity index (χ2n) is 7.33. The molecule has 6 heteroatoms. The molecule has 0 spiro atoms. The van der Waals surface area contributed by atoms with Crippen LogP contribution in [0.25, 0.3) is 0 Å². The van der Waals surface area contributed by atoms with E-state index < -0.39 is 0 Å². The zero-order valence-electron chi connectivity index (χ0n) is 16.9. The van der Waals surface area contributed by atoms with Gasteiger partial charge in [-0.25, -0.2) is 9.38 Å². The van der Waals surface area contributed by atoms with Crippen LogP contribution in [-0.2, 0) is 13.1 Å². The quantitative estimate of drug-likeness (QED) is 0.583. The van der Waals surface area contributed by atoms with Gasteiger partial charge in [-0.1, -0.05) is 24.3 Å². The first-order chi connectivity index (χ1) is 14.2. The van der Waals surface area contributed by atoms with Gasteiger partial charge < -0.3 is 10.6 Å². The number of likely N-dealkylation sites (tertiary alicyclic amines) is 1. The first-order valence-electron chi connectivity index (χ1n) is 10.2. The maximum absolute atomic E-state index is 13.1. The number of nitriles is 1. The van der Waals surface area contributed by atoms with Gasteiger partial charge in [0, 0.05) is 32.2 Å². The summed E-state index contributed by atoms with van der Waals surface area (Å²) in [5.41, 5.74) is 2.89. The first-order valence-corrected chi connectivity index (χ1v) is 10.2. The Bertz CT molecular complexity index is 831. The predicted octanol–water partition coefficient (Wildman–Crippen LogP) is 3.42. The Kier molecular flexibility index (Phi) is 7.60. The van der Waals surface area contributed by atoms with Crippen molar-refractivity contribution >= 4 is 5.96 Å². The highest BCUT2D eigenvalue weighted by atomic mass is 19.1. The van der Waals surface area contributed by atoms with E-state index in [2.05, 4.69) is 28.5 Å². The normalized spacial score (nSPS) is 15.7. The minimum absolute atomic E-state index is 0.187. The highest BCUT2D eigenvalue weighted by Crippen LogP contribution is 2.14. The van der Waals surface area contributed by atoms with Crippen molar-refractivity contribution in [3.8, 4) is 6.07 Å². The molecule has 1 aliphatic rings. The van der Waals surface area contributed by atoms with E-state index >= 15 is 0 Å². The van der Waals surface area contributed by atoms with E-state index in [1.165, 1.54) is 12.1 Å². The molecule has 2 N–H and O–H groups in total. The minimum Gasteiger partial charge on any atom is -0.357 e. The molecule has 0 saturated carbocycles. The van der Waals surface area contributed by atoms with Gasteiger partial charge in [0.25, 0.3) is 0 Å². The fourth-order valence-corrected chi connectivity index (χ4v) is 3.45.